The molecule has 114 valence electrons. The van der Waals surface area contributed by atoms with Gasteiger partial charge in [-0.3, -0.25) is 14.9 Å². The van der Waals surface area contributed by atoms with Crippen molar-refractivity contribution >= 4 is 27.5 Å². The normalized spacial score (nSPS) is 16.3. The first-order valence-corrected chi connectivity index (χ1v) is 8.01. The van der Waals surface area contributed by atoms with Crippen LogP contribution < -0.4 is 0 Å². The van der Waals surface area contributed by atoms with Gasteiger partial charge in [0.25, 0.3) is 11.6 Å². The van der Waals surface area contributed by atoms with E-state index in [0.29, 0.717) is 10.0 Å². The number of nitro benzene ring substituents is 1. The van der Waals surface area contributed by atoms with Crippen LogP contribution in [0.2, 0.25) is 0 Å². The second-order valence-corrected chi connectivity index (χ2v) is 6.34. The lowest BCUT2D eigenvalue weighted by molar-refractivity contribution is -0.384. The summed E-state index contributed by atoms with van der Waals surface area (Å²) in [7, 11) is 1.80. The van der Waals surface area contributed by atoms with E-state index in [4.69, 9.17) is 0 Å². The number of nitrogens with zero attached hydrogens (tertiary/aromatic N) is 2. The monoisotopic (exact) mass is 354 g/mol. The molecule has 1 aromatic rings. The quantitative estimate of drug-likeness (QED) is 0.465. The highest BCUT2D eigenvalue weighted by Gasteiger charge is 2.24. The molecule has 6 heteroatoms. The van der Waals surface area contributed by atoms with Crippen LogP contribution >= 0.6 is 15.9 Å². The fraction of sp³-hybridized carbons (Fsp3) is 0.533. The van der Waals surface area contributed by atoms with Gasteiger partial charge in [-0.25, -0.2) is 0 Å². The molecule has 0 aliphatic heterocycles. The molecule has 21 heavy (non-hydrogen) atoms. The Hall–Kier alpha value is -1.43. The molecular formula is C15H19BrN2O3. The van der Waals surface area contributed by atoms with Crippen molar-refractivity contribution in [2.24, 2.45) is 0 Å². The number of hydrogen-bond donors (Lipinski definition) is 0. The molecule has 1 saturated carbocycles. The maximum Gasteiger partial charge on any atom is 0.270 e. The highest BCUT2D eigenvalue weighted by Crippen LogP contribution is 2.27. The third-order valence-electron chi connectivity index (χ3n) is 4.08. The van der Waals surface area contributed by atoms with Gasteiger partial charge in [-0.15, -0.1) is 0 Å². The van der Waals surface area contributed by atoms with Crippen molar-refractivity contribution in [2.45, 2.75) is 44.6 Å². The largest absolute Gasteiger partial charge is 0.339 e. The zero-order valence-electron chi connectivity index (χ0n) is 12.0. The summed E-state index contributed by atoms with van der Waals surface area (Å²) in [6, 6.07) is 4.53. The maximum absolute atomic E-state index is 12.6. The van der Waals surface area contributed by atoms with Crippen LogP contribution in [0.3, 0.4) is 0 Å². The van der Waals surface area contributed by atoms with E-state index in [1.54, 1.807) is 18.0 Å². The van der Waals surface area contributed by atoms with E-state index >= 15 is 0 Å². The second-order valence-electron chi connectivity index (χ2n) is 5.48. The summed E-state index contributed by atoms with van der Waals surface area (Å²) in [5.41, 5.74) is 0.298. The van der Waals surface area contributed by atoms with Crippen molar-refractivity contribution in [3.8, 4) is 0 Å². The van der Waals surface area contributed by atoms with E-state index in [-0.39, 0.29) is 17.6 Å². The lowest BCUT2D eigenvalue weighted by atomic mass is 10.1. The fourth-order valence-electron chi connectivity index (χ4n) is 2.79. The van der Waals surface area contributed by atoms with Crippen molar-refractivity contribution in [1.82, 2.24) is 4.90 Å². The van der Waals surface area contributed by atoms with Gasteiger partial charge in [-0.1, -0.05) is 25.7 Å². The van der Waals surface area contributed by atoms with E-state index in [1.807, 2.05) is 0 Å². The summed E-state index contributed by atoms with van der Waals surface area (Å²) in [5, 5.41) is 10.9. The summed E-state index contributed by atoms with van der Waals surface area (Å²) >= 11 is 3.32. The molecule has 0 radical (unpaired) electrons. The van der Waals surface area contributed by atoms with Crippen LogP contribution in [-0.4, -0.2) is 28.8 Å². The van der Waals surface area contributed by atoms with Crippen molar-refractivity contribution in [1.29, 1.82) is 0 Å². The maximum atomic E-state index is 12.6. The van der Waals surface area contributed by atoms with Gasteiger partial charge >= 0.3 is 0 Å². The molecule has 0 bridgehead atoms. The number of rotatable bonds is 3. The molecule has 1 amide bonds. The summed E-state index contributed by atoms with van der Waals surface area (Å²) in [4.78, 5) is 24.8. The molecule has 0 saturated heterocycles. The summed E-state index contributed by atoms with van der Waals surface area (Å²) in [6.07, 6.45) is 6.73. The number of non-ortho nitro benzene ring substituents is 1. The highest BCUT2D eigenvalue weighted by atomic mass is 79.9. The SMILES string of the molecule is CN(C(=O)c1cc([N+](=O)[O-])ccc1Br)C1CCCCCC1. The van der Waals surface area contributed by atoms with Crippen LogP contribution in [0, 0.1) is 10.1 Å². The molecule has 0 aromatic heterocycles. The van der Waals surface area contributed by atoms with Crippen molar-refractivity contribution < 1.29 is 9.72 Å². The molecule has 0 N–H and O–H groups in total. The molecule has 2 rings (SSSR count). The molecular weight excluding hydrogens is 336 g/mol. The Labute approximate surface area is 132 Å². The molecule has 1 aromatic carbocycles. The van der Waals surface area contributed by atoms with E-state index in [2.05, 4.69) is 15.9 Å². The predicted molar refractivity (Wildman–Crippen MR) is 84.4 cm³/mol. The van der Waals surface area contributed by atoms with Crippen molar-refractivity contribution in [3.63, 3.8) is 0 Å². The smallest absolute Gasteiger partial charge is 0.270 e. The molecule has 5 nitrogen and oxygen atoms in total. The Balaban J connectivity index is 2.21. The number of amides is 1. The van der Waals surface area contributed by atoms with Gasteiger partial charge in [0.2, 0.25) is 0 Å². The number of halogens is 1. The van der Waals surface area contributed by atoms with Crippen LogP contribution in [0.25, 0.3) is 0 Å². The van der Waals surface area contributed by atoms with Gasteiger partial charge in [0.1, 0.15) is 0 Å². The van der Waals surface area contributed by atoms with Crippen molar-refractivity contribution in [3.05, 3.63) is 38.3 Å². The van der Waals surface area contributed by atoms with Gasteiger partial charge in [0, 0.05) is 29.7 Å². The Morgan fingerprint density at radius 1 is 1.29 bits per heavy atom. The molecule has 1 aliphatic carbocycles. The van der Waals surface area contributed by atoms with Gasteiger partial charge in [-0.05, 0) is 34.8 Å². The van der Waals surface area contributed by atoms with Gasteiger partial charge in [-0.2, -0.15) is 0 Å². The molecule has 1 fully saturated rings. The van der Waals surface area contributed by atoms with Crippen LogP contribution in [0.5, 0.6) is 0 Å². The van der Waals surface area contributed by atoms with Crippen molar-refractivity contribution in [2.75, 3.05) is 7.05 Å². The number of hydrogen-bond acceptors (Lipinski definition) is 3. The second kappa shape index (κ2) is 7.02. The number of carbonyl (C=O) groups excluding carboxylic acids is 1. The Bertz CT molecular complexity index is 540. The Kier molecular flexibility index (Phi) is 5.33. The van der Waals surface area contributed by atoms with E-state index in [0.717, 1.165) is 25.7 Å². The topological polar surface area (TPSA) is 63.5 Å². The average molecular weight is 355 g/mol. The zero-order valence-corrected chi connectivity index (χ0v) is 13.6. The summed E-state index contributed by atoms with van der Waals surface area (Å²) < 4.78 is 0.596. The van der Waals surface area contributed by atoms with Crippen LogP contribution in [0.4, 0.5) is 5.69 Å². The average Bonchev–Trinajstić information content (AvgIpc) is 2.75. The first-order chi connectivity index (χ1) is 10.0. The Morgan fingerprint density at radius 2 is 1.90 bits per heavy atom. The fourth-order valence-corrected chi connectivity index (χ4v) is 3.21. The van der Waals surface area contributed by atoms with Crippen LogP contribution in [-0.2, 0) is 0 Å². The third kappa shape index (κ3) is 3.81. The third-order valence-corrected chi connectivity index (χ3v) is 4.78. The minimum absolute atomic E-state index is 0.0594. The number of nitro groups is 1. The van der Waals surface area contributed by atoms with Crippen LogP contribution in [0.15, 0.2) is 22.7 Å². The van der Waals surface area contributed by atoms with Gasteiger partial charge in [0.05, 0.1) is 10.5 Å². The zero-order chi connectivity index (χ0) is 15.4. The molecule has 0 spiro atoms. The first kappa shape index (κ1) is 15.9. The minimum Gasteiger partial charge on any atom is -0.339 e. The van der Waals surface area contributed by atoms with Gasteiger partial charge in [0.15, 0.2) is 0 Å². The molecule has 0 atom stereocenters. The van der Waals surface area contributed by atoms with E-state index in [9.17, 15) is 14.9 Å². The minimum atomic E-state index is -0.477. The summed E-state index contributed by atoms with van der Waals surface area (Å²) in [5.74, 6) is -0.155. The summed E-state index contributed by atoms with van der Waals surface area (Å²) in [6.45, 7) is 0. The van der Waals surface area contributed by atoms with Crippen LogP contribution in [0.1, 0.15) is 48.9 Å². The predicted octanol–water partition coefficient (Wildman–Crippen LogP) is 4.15. The Morgan fingerprint density at radius 3 is 2.48 bits per heavy atom. The molecule has 0 heterocycles. The lowest BCUT2D eigenvalue weighted by Crippen LogP contribution is -2.36. The lowest BCUT2D eigenvalue weighted by Gasteiger charge is -2.27. The number of benzene rings is 1. The highest BCUT2D eigenvalue weighted by molar-refractivity contribution is 9.10. The van der Waals surface area contributed by atoms with E-state index in [1.165, 1.54) is 25.0 Å². The number of carbonyl (C=O) groups is 1. The van der Waals surface area contributed by atoms with Gasteiger partial charge < -0.3 is 4.90 Å². The molecule has 0 unspecified atom stereocenters. The van der Waals surface area contributed by atoms with E-state index < -0.39 is 4.92 Å². The molecule has 1 aliphatic rings. The first-order valence-electron chi connectivity index (χ1n) is 7.22. The standard InChI is InChI=1S/C15H19BrN2O3/c1-17(11-6-4-2-3-5-7-11)15(19)13-10-12(18(20)21)8-9-14(13)16/h8-11H,2-7H2,1H3.